The lowest BCUT2D eigenvalue weighted by Gasteiger charge is -2.38. The molecule has 1 aromatic carbocycles. The van der Waals surface area contributed by atoms with E-state index >= 15 is 0 Å². The van der Waals surface area contributed by atoms with Gasteiger partial charge < -0.3 is 14.8 Å². The van der Waals surface area contributed by atoms with Crippen molar-refractivity contribution < 1.29 is 14.6 Å². The van der Waals surface area contributed by atoms with E-state index in [0.29, 0.717) is 13.0 Å². The summed E-state index contributed by atoms with van der Waals surface area (Å²) in [6.07, 6.45) is 1.37. The van der Waals surface area contributed by atoms with Crippen LogP contribution in [0.3, 0.4) is 0 Å². The van der Waals surface area contributed by atoms with Crippen LogP contribution in [0.4, 0.5) is 0 Å². The zero-order valence-electron chi connectivity index (χ0n) is 11.8. The summed E-state index contributed by atoms with van der Waals surface area (Å²) in [6.45, 7) is 4.35. The largest absolute Gasteiger partial charge is 0.481 e. The number of H-pyrrole nitrogens is 1. The second-order valence-electron chi connectivity index (χ2n) is 5.53. The lowest BCUT2D eigenvalue weighted by atomic mass is 9.80. The number of aromatic amines is 1. The number of benzene rings is 1. The van der Waals surface area contributed by atoms with Crippen molar-refractivity contribution in [3.8, 4) is 0 Å². The molecular weight excluding hydrogens is 254 g/mol. The Morgan fingerprint density at radius 2 is 2.25 bits per heavy atom. The van der Waals surface area contributed by atoms with Crippen molar-refractivity contribution in [3.05, 3.63) is 35.5 Å². The van der Waals surface area contributed by atoms with Gasteiger partial charge in [-0.3, -0.25) is 4.79 Å². The molecule has 2 aromatic rings. The third kappa shape index (κ3) is 1.75. The second-order valence-corrected chi connectivity index (χ2v) is 5.53. The summed E-state index contributed by atoms with van der Waals surface area (Å²) in [6, 6.07) is 8.10. The Hall–Kier alpha value is -1.81. The number of carboxylic acids is 1. The summed E-state index contributed by atoms with van der Waals surface area (Å²) in [5.74, 6) is -1.35. The molecule has 3 rings (SSSR count). The highest BCUT2D eigenvalue weighted by Gasteiger charge is 2.45. The molecule has 0 saturated carbocycles. The Morgan fingerprint density at radius 3 is 2.95 bits per heavy atom. The first kappa shape index (κ1) is 13.2. The number of hydrogen-bond acceptors (Lipinski definition) is 2. The van der Waals surface area contributed by atoms with Crippen LogP contribution in [0.5, 0.6) is 0 Å². The summed E-state index contributed by atoms with van der Waals surface area (Å²) < 4.78 is 5.92. The number of fused-ring (bicyclic) bond motifs is 3. The van der Waals surface area contributed by atoms with Crippen LogP contribution in [0.1, 0.15) is 31.5 Å². The van der Waals surface area contributed by atoms with Crippen molar-refractivity contribution in [1.29, 1.82) is 0 Å². The van der Waals surface area contributed by atoms with Crippen LogP contribution in [0.25, 0.3) is 10.9 Å². The second kappa shape index (κ2) is 4.63. The molecule has 1 aliphatic rings. The summed E-state index contributed by atoms with van der Waals surface area (Å²) in [4.78, 5) is 15.0. The standard InChI is InChI=1S/C16H19NO3/c1-3-12(15(18)19)16(2)14-11(8-9-20-16)10-6-4-5-7-13(10)17-14/h4-7,12,17H,3,8-9H2,1-2H3,(H,18,19). The topological polar surface area (TPSA) is 62.3 Å². The van der Waals surface area contributed by atoms with Gasteiger partial charge in [0, 0.05) is 10.9 Å². The van der Waals surface area contributed by atoms with Gasteiger partial charge >= 0.3 is 5.97 Å². The van der Waals surface area contributed by atoms with Gasteiger partial charge in [-0.1, -0.05) is 25.1 Å². The molecule has 4 nitrogen and oxygen atoms in total. The van der Waals surface area contributed by atoms with Crippen LogP contribution in [0.2, 0.25) is 0 Å². The highest BCUT2D eigenvalue weighted by Crippen LogP contribution is 2.42. The van der Waals surface area contributed by atoms with E-state index in [-0.39, 0.29) is 0 Å². The van der Waals surface area contributed by atoms with Gasteiger partial charge in [0.05, 0.1) is 18.2 Å². The quantitative estimate of drug-likeness (QED) is 0.903. The number of carbonyl (C=O) groups is 1. The average Bonchev–Trinajstić information content (AvgIpc) is 2.80. The number of carboxylic acid groups (broad SMARTS) is 1. The summed E-state index contributed by atoms with van der Waals surface area (Å²) in [5.41, 5.74) is 2.40. The zero-order valence-corrected chi connectivity index (χ0v) is 11.8. The molecule has 0 amide bonds. The van der Waals surface area contributed by atoms with Gasteiger partial charge in [-0.15, -0.1) is 0 Å². The van der Waals surface area contributed by atoms with Gasteiger partial charge in [-0.25, -0.2) is 0 Å². The van der Waals surface area contributed by atoms with E-state index in [4.69, 9.17) is 4.74 Å². The highest BCUT2D eigenvalue weighted by atomic mass is 16.5. The molecule has 2 heterocycles. The molecule has 0 spiro atoms. The maximum atomic E-state index is 11.6. The van der Waals surface area contributed by atoms with Gasteiger partial charge in [-0.05, 0) is 31.4 Å². The lowest BCUT2D eigenvalue weighted by Crippen LogP contribution is -2.43. The Balaban J connectivity index is 2.21. The number of para-hydroxylation sites is 1. The molecule has 0 radical (unpaired) electrons. The molecule has 0 bridgehead atoms. The molecule has 20 heavy (non-hydrogen) atoms. The predicted molar refractivity (Wildman–Crippen MR) is 76.7 cm³/mol. The van der Waals surface area contributed by atoms with Gasteiger partial charge in [0.1, 0.15) is 5.60 Å². The molecule has 2 atom stereocenters. The van der Waals surface area contributed by atoms with Crippen LogP contribution in [-0.2, 0) is 21.6 Å². The first-order valence-corrected chi connectivity index (χ1v) is 7.04. The molecule has 2 unspecified atom stereocenters. The molecule has 0 fully saturated rings. The van der Waals surface area contributed by atoms with Crippen LogP contribution in [-0.4, -0.2) is 22.7 Å². The van der Waals surface area contributed by atoms with Crippen molar-refractivity contribution in [3.63, 3.8) is 0 Å². The first-order valence-electron chi connectivity index (χ1n) is 7.04. The summed E-state index contributed by atoms with van der Waals surface area (Å²) in [5, 5.41) is 10.7. The minimum absolute atomic E-state index is 0.542. The van der Waals surface area contributed by atoms with Crippen molar-refractivity contribution in [2.75, 3.05) is 6.61 Å². The number of aromatic nitrogens is 1. The third-order valence-corrected chi connectivity index (χ3v) is 4.44. The number of ether oxygens (including phenoxy) is 1. The Morgan fingerprint density at radius 1 is 1.50 bits per heavy atom. The van der Waals surface area contributed by atoms with E-state index in [1.54, 1.807) is 0 Å². The SMILES string of the molecule is CCC(C(=O)O)C1(C)OCCc2c1[nH]c1ccccc21. The normalized spacial score (nSPS) is 23.5. The molecule has 0 aliphatic carbocycles. The smallest absolute Gasteiger partial charge is 0.309 e. The van der Waals surface area contributed by atoms with Crippen LogP contribution >= 0.6 is 0 Å². The van der Waals surface area contributed by atoms with Gasteiger partial charge in [0.2, 0.25) is 0 Å². The molecule has 1 aromatic heterocycles. The monoisotopic (exact) mass is 273 g/mol. The fourth-order valence-corrected chi connectivity index (χ4v) is 3.40. The maximum absolute atomic E-state index is 11.6. The van der Waals surface area contributed by atoms with Gasteiger partial charge in [-0.2, -0.15) is 0 Å². The number of nitrogens with one attached hydrogen (secondary N) is 1. The number of aliphatic carboxylic acids is 1. The Bertz CT molecular complexity index is 661. The zero-order chi connectivity index (χ0) is 14.3. The van der Waals surface area contributed by atoms with Crippen LogP contribution < -0.4 is 0 Å². The van der Waals surface area contributed by atoms with Gasteiger partial charge in [0.25, 0.3) is 0 Å². The minimum atomic E-state index is -0.804. The predicted octanol–water partition coefficient (Wildman–Crippen LogP) is 3.07. The van der Waals surface area contributed by atoms with E-state index in [2.05, 4.69) is 11.1 Å². The highest BCUT2D eigenvalue weighted by molar-refractivity contribution is 5.85. The van der Waals surface area contributed by atoms with E-state index in [1.807, 2.05) is 32.0 Å². The first-order chi connectivity index (χ1) is 9.58. The van der Waals surface area contributed by atoms with Gasteiger partial charge in [0.15, 0.2) is 0 Å². The van der Waals surface area contributed by atoms with Crippen LogP contribution in [0.15, 0.2) is 24.3 Å². The van der Waals surface area contributed by atoms with E-state index < -0.39 is 17.5 Å². The molecular formula is C16H19NO3. The van der Waals surface area contributed by atoms with E-state index in [0.717, 1.165) is 17.6 Å². The summed E-state index contributed by atoms with van der Waals surface area (Å²) in [7, 11) is 0. The van der Waals surface area contributed by atoms with Crippen molar-refractivity contribution in [1.82, 2.24) is 4.98 Å². The summed E-state index contributed by atoms with van der Waals surface area (Å²) >= 11 is 0. The Labute approximate surface area is 117 Å². The van der Waals surface area contributed by atoms with Crippen molar-refractivity contribution in [2.24, 2.45) is 5.92 Å². The molecule has 4 heteroatoms. The molecule has 106 valence electrons. The lowest BCUT2D eigenvalue weighted by molar-refractivity contribution is -0.160. The Kier molecular flexibility index (Phi) is 3.05. The fraction of sp³-hybridized carbons (Fsp3) is 0.438. The fourth-order valence-electron chi connectivity index (χ4n) is 3.40. The van der Waals surface area contributed by atoms with Crippen molar-refractivity contribution >= 4 is 16.9 Å². The maximum Gasteiger partial charge on any atom is 0.309 e. The van der Waals surface area contributed by atoms with E-state index in [1.165, 1.54) is 10.9 Å². The average molecular weight is 273 g/mol. The number of rotatable bonds is 3. The van der Waals surface area contributed by atoms with Crippen LogP contribution in [0, 0.1) is 5.92 Å². The molecule has 2 N–H and O–H groups in total. The molecule has 0 saturated heterocycles. The van der Waals surface area contributed by atoms with E-state index in [9.17, 15) is 9.90 Å². The number of hydrogen-bond donors (Lipinski definition) is 2. The van der Waals surface area contributed by atoms with Crippen molar-refractivity contribution in [2.45, 2.75) is 32.3 Å². The molecule has 1 aliphatic heterocycles. The third-order valence-electron chi connectivity index (χ3n) is 4.44. The minimum Gasteiger partial charge on any atom is -0.481 e.